The Balaban J connectivity index is 1.83. The molecule has 2 amide bonds. The number of sulfonamides is 1. The number of nitrogens with zero attached hydrogens (tertiary/aromatic N) is 2. The third kappa shape index (κ3) is 4.83. The lowest BCUT2D eigenvalue weighted by Crippen LogP contribution is -2.51. The highest BCUT2D eigenvalue weighted by Gasteiger charge is 2.31. The summed E-state index contributed by atoms with van der Waals surface area (Å²) < 4.78 is 25.9. The second kappa shape index (κ2) is 7.83. The van der Waals surface area contributed by atoms with E-state index >= 15 is 0 Å². The van der Waals surface area contributed by atoms with Crippen LogP contribution in [0.1, 0.15) is 52.9 Å². The Hall–Kier alpha value is -0.820. The van der Waals surface area contributed by atoms with E-state index in [2.05, 4.69) is 12.2 Å². The molecule has 0 aromatic carbocycles. The molecule has 134 valence electrons. The van der Waals surface area contributed by atoms with Gasteiger partial charge in [-0.3, -0.25) is 0 Å². The van der Waals surface area contributed by atoms with Crippen LogP contribution in [0.5, 0.6) is 0 Å². The Kier molecular flexibility index (Phi) is 6.31. The van der Waals surface area contributed by atoms with Gasteiger partial charge in [0.05, 0.1) is 5.25 Å². The fourth-order valence-corrected chi connectivity index (χ4v) is 4.67. The van der Waals surface area contributed by atoms with E-state index in [1.54, 1.807) is 18.2 Å². The van der Waals surface area contributed by atoms with Gasteiger partial charge in [0, 0.05) is 32.2 Å². The van der Waals surface area contributed by atoms with Crippen LogP contribution in [-0.2, 0) is 10.0 Å². The smallest absolute Gasteiger partial charge is 0.317 e. The highest BCUT2D eigenvalue weighted by Crippen LogP contribution is 2.19. The van der Waals surface area contributed by atoms with Gasteiger partial charge in [-0.1, -0.05) is 13.3 Å². The highest BCUT2D eigenvalue weighted by molar-refractivity contribution is 7.89. The molecule has 2 rings (SSSR count). The summed E-state index contributed by atoms with van der Waals surface area (Å²) in [6.45, 7) is 8.28. The molecular formula is C16H31N3O3S. The van der Waals surface area contributed by atoms with Crippen molar-refractivity contribution in [1.29, 1.82) is 0 Å². The Morgan fingerprint density at radius 2 is 1.74 bits per heavy atom. The van der Waals surface area contributed by atoms with Crippen LogP contribution in [-0.4, -0.2) is 61.1 Å². The first-order valence-electron chi connectivity index (χ1n) is 8.85. The highest BCUT2D eigenvalue weighted by atomic mass is 32.2. The van der Waals surface area contributed by atoms with Crippen LogP contribution in [0.25, 0.3) is 0 Å². The summed E-state index contributed by atoms with van der Waals surface area (Å²) >= 11 is 0. The van der Waals surface area contributed by atoms with Gasteiger partial charge in [0.15, 0.2) is 0 Å². The number of hydrogen-bond acceptors (Lipinski definition) is 3. The summed E-state index contributed by atoms with van der Waals surface area (Å²) in [5.74, 6) is 0.557. The number of urea groups is 1. The van der Waals surface area contributed by atoms with Gasteiger partial charge in [-0.25, -0.2) is 17.5 Å². The van der Waals surface area contributed by atoms with Gasteiger partial charge in [0.2, 0.25) is 10.0 Å². The van der Waals surface area contributed by atoms with Crippen molar-refractivity contribution in [1.82, 2.24) is 14.5 Å². The van der Waals surface area contributed by atoms with E-state index < -0.39 is 10.0 Å². The first kappa shape index (κ1) is 18.5. The lowest BCUT2D eigenvalue weighted by molar-refractivity contribution is 0.183. The monoisotopic (exact) mass is 345 g/mol. The molecule has 2 aliphatic rings. The maximum Gasteiger partial charge on any atom is 0.317 e. The van der Waals surface area contributed by atoms with Gasteiger partial charge in [-0.05, 0) is 45.4 Å². The van der Waals surface area contributed by atoms with Crippen LogP contribution in [0.3, 0.4) is 0 Å². The third-order valence-corrected chi connectivity index (χ3v) is 7.21. The minimum atomic E-state index is -3.17. The summed E-state index contributed by atoms with van der Waals surface area (Å²) in [7, 11) is -3.17. The van der Waals surface area contributed by atoms with Gasteiger partial charge in [-0.15, -0.1) is 0 Å². The largest absolute Gasteiger partial charge is 0.335 e. The molecule has 1 N–H and O–H groups in total. The normalized spacial score (nSPS) is 25.4. The molecule has 0 radical (unpaired) electrons. The predicted octanol–water partition coefficient (Wildman–Crippen LogP) is 2.02. The number of rotatable bonds is 3. The third-order valence-electron chi connectivity index (χ3n) is 4.93. The molecule has 0 saturated carbocycles. The predicted molar refractivity (Wildman–Crippen MR) is 91.8 cm³/mol. The fraction of sp³-hybridized carbons (Fsp3) is 0.938. The van der Waals surface area contributed by atoms with Crippen LogP contribution in [0.2, 0.25) is 0 Å². The zero-order valence-electron chi connectivity index (χ0n) is 14.6. The number of carbonyl (C=O) groups excluding carboxylic acids is 1. The second-order valence-electron chi connectivity index (χ2n) is 7.26. The Morgan fingerprint density at radius 1 is 1.09 bits per heavy atom. The molecule has 7 heteroatoms. The minimum absolute atomic E-state index is 0.0175. The van der Waals surface area contributed by atoms with Crippen molar-refractivity contribution in [2.45, 2.75) is 64.2 Å². The molecule has 0 aliphatic carbocycles. The molecule has 0 aromatic rings. The maximum absolute atomic E-state index is 12.4. The van der Waals surface area contributed by atoms with E-state index in [1.165, 1.54) is 12.8 Å². The molecule has 2 fully saturated rings. The number of amides is 2. The van der Waals surface area contributed by atoms with E-state index in [9.17, 15) is 13.2 Å². The van der Waals surface area contributed by atoms with E-state index in [0.29, 0.717) is 31.8 Å². The van der Waals surface area contributed by atoms with Crippen molar-refractivity contribution in [3.63, 3.8) is 0 Å². The molecule has 23 heavy (non-hydrogen) atoms. The van der Waals surface area contributed by atoms with Gasteiger partial charge in [0.1, 0.15) is 0 Å². The van der Waals surface area contributed by atoms with Crippen molar-refractivity contribution in [3.8, 4) is 0 Å². The quantitative estimate of drug-likeness (QED) is 0.851. The van der Waals surface area contributed by atoms with E-state index in [0.717, 1.165) is 19.5 Å². The molecule has 0 bridgehead atoms. The zero-order valence-corrected chi connectivity index (χ0v) is 15.4. The Morgan fingerprint density at radius 3 is 2.35 bits per heavy atom. The number of hydrogen-bond donors (Lipinski definition) is 1. The number of nitrogens with one attached hydrogen (secondary N) is 1. The zero-order chi connectivity index (χ0) is 17.0. The minimum Gasteiger partial charge on any atom is -0.335 e. The maximum atomic E-state index is 12.4. The average Bonchev–Trinajstić information content (AvgIpc) is 2.72. The molecule has 1 unspecified atom stereocenters. The van der Waals surface area contributed by atoms with Crippen molar-refractivity contribution in [2.75, 3.05) is 26.2 Å². The summed E-state index contributed by atoms with van der Waals surface area (Å²) in [4.78, 5) is 14.4. The van der Waals surface area contributed by atoms with Crippen molar-refractivity contribution in [3.05, 3.63) is 0 Å². The topological polar surface area (TPSA) is 69.7 Å². The molecule has 1 atom stereocenters. The van der Waals surface area contributed by atoms with Crippen LogP contribution in [0.4, 0.5) is 4.79 Å². The van der Waals surface area contributed by atoms with Crippen molar-refractivity contribution < 1.29 is 13.2 Å². The lowest BCUT2D eigenvalue weighted by atomic mass is 10.1. The first-order chi connectivity index (χ1) is 10.8. The number of likely N-dealkylation sites (tertiary alicyclic amines) is 1. The molecule has 0 spiro atoms. The fourth-order valence-electron chi connectivity index (χ4n) is 3.36. The molecule has 0 aromatic heterocycles. The number of piperidine rings is 1. The standard InChI is InChI=1S/C16H31N3O3S/c1-13(2)23(21,22)19-10-7-15(8-11-19)17-16(20)18-9-5-4-6-14(3)12-18/h13-15H,4-12H2,1-3H3,(H,17,20). The van der Waals surface area contributed by atoms with E-state index in [1.807, 2.05) is 4.90 Å². The van der Waals surface area contributed by atoms with Crippen LogP contribution >= 0.6 is 0 Å². The second-order valence-corrected chi connectivity index (χ2v) is 9.75. The van der Waals surface area contributed by atoms with Gasteiger partial charge >= 0.3 is 6.03 Å². The molecule has 2 saturated heterocycles. The summed E-state index contributed by atoms with van der Waals surface area (Å²) in [5, 5.41) is 2.72. The molecule has 2 heterocycles. The lowest BCUT2D eigenvalue weighted by Gasteiger charge is -2.34. The van der Waals surface area contributed by atoms with E-state index in [4.69, 9.17) is 0 Å². The number of carbonyl (C=O) groups is 1. The van der Waals surface area contributed by atoms with Crippen LogP contribution in [0.15, 0.2) is 0 Å². The molecular weight excluding hydrogens is 314 g/mol. The molecule has 6 nitrogen and oxygen atoms in total. The van der Waals surface area contributed by atoms with Crippen molar-refractivity contribution in [2.24, 2.45) is 5.92 Å². The van der Waals surface area contributed by atoms with E-state index in [-0.39, 0.29) is 17.3 Å². The molecule has 2 aliphatic heterocycles. The average molecular weight is 346 g/mol. The summed E-state index contributed by atoms with van der Waals surface area (Å²) in [6.07, 6.45) is 4.84. The summed E-state index contributed by atoms with van der Waals surface area (Å²) in [5.41, 5.74) is 0. The Labute approximate surface area is 140 Å². The van der Waals surface area contributed by atoms with Crippen LogP contribution < -0.4 is 5.32 Å². The Bertz CT molecular complexity index is 499. The summed E-state index contributed by atoms with van der Waals surface area (Å²) in [6, 6.07) is 0.101. The van der Waals surface area contributed by atoms with Gasteiger partial charge in [-0.2, -0.15) is 0 Å². The SMILES string of the molecule is CC1CCCCN(C(=O)NC2CCN(S(=O)(=O)C(C)C)CC2)C1. The van der Waals surface area contributed by atoms with Gasteiger partial charge in [0.25, 0.3) is 0 Å². The van der Waals surface area contributed by atoms with Crippen molar-refractivity contribution >= 4 is 16.1 Å². The first-order valence-corrected chi connectivity index (χ1v) is 10.4. The van der Waals surface area contributed by atoms with Gasteiger partial charge < -0.3 is 10.2 Å². The van der Waals surface area contributed by atoms with Crippen LogP contribution in [0, 0.1) is 5.92 Å².